The first-order valence-electron chi connectivity index (χ1n) is 9.96. The molecule has 168 valence electrons. The van der Waals surface area contributed by atoms with Crippen LogP contribution in [0.1, 0.15) is 22.8 Å². The van der Waals surface area contributed by atoms with Crippen LogP contribution < -0.4 is 4.74 Å². The number of ether oxygens (including phenoxy) is 1. The molecule has 0 fully saturated rings. The van der Waals surface area contributed by atoms with Crippen LogP contribution in [0.4, 0.5) is 17.6 Å². The van der Waals surface area contributed by atoms with E-state index in [2.05, 4.69) is 4.98 Å². The number of hydrogen-bond acceptors (Lipinski definition) is 3. The first kappa shape index (κ1) is 22.3. The zero-order valence-electron chi connectivity index (χ0n) is 17.3. The Morgan fingerprint density at radius 1 is 0.970 bits per heavy atom. The van der Waals surface area contributed by atoms with Crippen LogP contribution in [0.25, 0.3) is 33.3 Å². The highest BCUT2D eigenvalue weighted by Gasteiger charge is 2.31. The Hall–Kier alpha value is -3.94. The Morgan fingerprint density at radius 3 is 2.27 bits per heavy atom. The van der Waals surface area contributed by atoms with E-state index in [1.54, 1.807) is 36.4 Å². The smallest absolute Gasteiger partial charge is 0.416 e. The number of halogens is 4. The molecule has 1 aromatic heterocycles. The minimum Gasteiger partial charge on any atom is -0.494 e. The summed E-state index contributed by atoms with van der Waals surface area (Å²) in [6.45, 7) is 2.37. The minimum absolute atomic E-state index is 0.0638. The largest absolute Gasteiger partial charge is 0.494 e. The maximum atomic E-state index is 14.9. The molecule has 0 aliphatic heterocycles. The van der Waals surface area contributed by atoms with Gasteiger partial charge in [-0.05, 0) is 55.0 Å². The van der Waals surface area contributed by atoms with Crippen molar-refractivity contribution in [3.05, 3.63) is 83.7 Å². The Kier molecular flexibility index (Phi) is 5.76. The third kappa shape index (κ3) is 4.50. The van der Waals surface area contributed by atoms with E-state index in [1.165, 1.54) is 6.07 Å². The summed E-state index contributed by atoms with van der Waals surface area (Å²) in [5.41, 5.74) is 0.128. The Balaban J connectivity index is 1.77. The normalized spacial score (nSPS) is 11.5. The maximum Gasteiger partial charge on any atom is 0.416 e. The van der Waals surface area contributed by atoms with E-state index in [-0.39, 0.29) is 22.2 Å². The summed E-state index contributed by atoms with van der Waals surface area (Å²) in [6.07, 6.45) is -4.62. The number of alkyl halides is 3. The van der Waals surface area contributed by atoms with E-state index < -0.39 is 23.5 Å². The summed E-state index contributed by atoms with van der Waals surface area (Å²) >= 11 is 0. The summed E-state index contributed by atoms with van der Waals surface area (Å²) in [5, 5.41) is 9.42. The lowest BCUT2D eigenvalue weighted by atomic mass is 9.99. The second kappa shape index (κ2) is 8.54. The van der Waals surface area contributed by atoms with Gasteiger partial charge in [-0.2, -0.15) is 13.2 Å². The number of carbonyl (C=O) groups is 1. The van der Waals surface area contributed by atoms with E-state index in [9.17, 15) is 27.5 Å². The van der Waals surface area contributed by atoms with Crippen molar-refractivity contribution in [3.8, 4) is 28.1 Å². The molecule has 4 nitrogen and oxygen atoms in total. The molecule has 33 heavy (non-hydrogen) atoms. The number of pyridine rings is 1. The van der Waals surface area contributed by atoms with Gasteiger partial charge in [-0.1, -0.05) is 24.3 Å². The summed E-state index contributed by atoms with van der Waals surface area (Å²) < 4.78 is 59.5. The van der Waals surface area contributed by atoms with E-state index >= 15 is 0 Å². The van der Waals surface area contributed by atoms with Gasteiger partial charge in [-0.15, -0.1) is 0 Å². The molecule has 0 unspecified atom stereocenters. The molecule has 0 amide bonds. The zero-order valence-corrected chi connectivity index (χ0v) is 17.3. The molecule has 3 aromatic carbocycles. The first-order chi connectivity index (χ1) is 15.7. The number of nitrogens with zero attached hydrogens (tertiary/aromatic N) is 1. The van der Waals surface area contributed by atoms with E-state index in [0.717, 1.165) is 24.3 Å². The molecule has 0 aliphatic carbocycles. The van der Waals surface area contributed by atoms with Crippen LogP contribution in [0.2, 0.25) is 0 Å². The van der Waals surface area contributed by atoms with E-state index in [1.807, 2.05) is 6.92 Å². The van der Waals surface area contributed by atoms with Gasteiger partial charge in [-0.3, -0.25) is 0 Å². The van der Waals surface area contributed by atoms with Crippen LogP contribution >= 0.6 is 0 Å². The molecule has 0 bridgehead atoms. The average Bonchev–Trinajstić information content (AvgIpc) is 2.78. The van der Waals surface area contributed by atoms with Crippen LogP contribution in [0, 0.1) is 5.82 Å². The van der Waals surface area contributed by atoms with Crippen LogP contribution in [-0.2, 0) is 6.18 Å². The van der Waals surface area contributed by atoms with Crippen molar-refractivity contribution < 1.29 is 32.2 Å². The summed E-state index contributed by atoms with van der Waals surface area (Å²) in [4.78, 5) is 16.0. The Bertz CT molecular complexity index is 1350. The van der Waals surface area contributed by atoms with Crippen LogP contribution in [0.3, 0.4) is 0 Å². The van der Waals surface area contributed by atoms with Gasteiger partial charge >= 0.3 is 12.1 Å². The highest BCUT2D eigenvalue weighted by atomic mass is 19.4. The molecule has 1 N–H and O–H groups in total. The van der Waals surface area contributed by atoms with Gasteiger partial charge in [0.2, 0.25) is 0 Å². The minimum atomic E-state index is -4.62. The van der Waals surface area contributed by atoms with Crippen LogP contribution in [-0.4, -0.2) is 22.7 Å². The van der Waals surface area contributed by atoms with Crippen molar-refractivity contribution in [2.24, 2.45) is 0 Å². The van der Waals surface area contributed by atoms with Gasteiger partial charge in [0.1, 0.15) is 11.6 Å². The number of fused-ring (bicyclic) bond motifs is 1. The van der Waals surface area contributed by atoms with Gasteiger partial charge in [0.05, 0.1) is 28.9 Å². The molecule has 4 aromatic rings. The fourth-order valence-corrected chi connectivity index (χ4v) is 3.53. The number of benzene rings is 3. The highest BCUT2D eigenvalue weighted by Crippen LogP contribution is 2.34. The van der Waals surface area contributed by atoms with E-state index in [0.29, 0.717) is 29.0 Å². The van der Waals surface area contributed by atoms with Crippen molar-refractivity contribution >= 4 is 16.9 Å². The quantitative estimate of drug-likeness (QED) is 0.335. The molecule has 4 rings (SSSR count). The molecule has 0 aliphatic rings. The van der Waals surface area contributed by atoms with Gasteiger partial charge < -0.3 is 9.84 Å². The monoisotopic (exact) mass is 455 g/mol. The number of rotatable bonds is 5. The van der Waals surface area contributed by atoms with Crippen molar-refractivity contribution in [2.75, 3.05) is 6.61 Å². The molecular formula is C25H17F4NO3. The molecule has 0 saturated heterocycles. The summed E-state index contributed by atoms with van der Waals surface area (Å²) in [6, 6.07) is 15.1. The highest BCUT2D eigenvalue weighted by molar-refractivity contribution is 6.04. The lowest BCUT2D eigenvalue weighted by molar-refractivity contribution is -0.137. The maximum absolute atomic E-state index is 14.9. The molecule has 8 heteroatoms. The third-order valence-electron chi connectivity index (χ3n) is 5.11. The fourth-order valence-electron chi connectivity index (χ4n) is 3.53. The van der Waals surface area contributed by atoms with Crippen LogP contribution in [0.5, 0.6) is 5.75 Å². The van der Waals surface area contributed by atoms with E-state index in [4.69, 9.17) is 4.74 Å². The number of aromatic carboxylic acids is 1. The topological polar surface area (TPSA) is 59.4 Å². The summed E-state index contributed by atoms with van der Waals surface area (Å²) in [5.74, 6) is -1.30. The van der Waals surface area contributed by atoms with Crippen molar-refractivity contribution in [3.63, 3.8) is 0 Å². The SMILES string of the molecule is CCOc1ccc(-c2ccc(-c3cc(C(=O)O)c4cc(C(F)(F)F)ccc4n3)cc2F)cc1. The lowest BCUT2D eigenvalue weighted by Crippen LogP contribution is -2.06. The standard InChI is InChI=1S/C25H17F4NO3/c1-2-33-17-7-3-14(4-8-17)18-9-5-15(11-21(18)26)23-13-20(24(31)32)19-12-16(25(27,28)29)6-10-22(19)30-23/h3-13H,2H2,1H3,(H,31,32). The Labute approximate surface area is 186 Å². The van der Waals surface area contributed by atoms with Gasteiger partial charge in [-0.25, -0.2) is 14.2 Å². The second-order valence-electron chi connectivity index (χ2n) is 7.24. The predicted molar refractivity (Wildman–Crippen MR) is 116 cm³/mol. The van der Waals surface area contributed by atoms with Gasteiger partial charge in [0.25, 0.3) is 0 Å². The molecule has 0 spiro atoms. The molecule has 0 atom stereocenters. The molecule has 0 radical (unpaired) electrons. The second-order valence-corrected chi connectivity index (χ2v) is 7.24. The lowest BCUT2D eigenvalue weighted by Gasteiger charge is -2.12. The molecule has 0 saturated carbocycles. The predicted octanol–water partition coefficient (Wildman–Crippen LogP) is 6.82. The van der Waals surface area contributed by atoms with Gasteiger partial charge in [0.15, 0.2) is 0 Å². The van der Waals surface area contributed by atoms with Crippen LogP contribution in [0.15, 0.2) is 66.7 Å². The fraction of sp³-hybridized carbons (Fsp3) is 0.120. The Morgan fingerprint density at radius 2 is 1.67 bits per heavy atom. The molecule has 1 heterocycles. The van der Waals surface area contributed by atoms with Crippen molar-refractivity contribution in [1.29, 1.82) is 0 Å². The number of carboxylic acids is 1. The number of carboxylic acid groups (broad SMARTS) is 1. The molecular weight excluding hydrogens is 438 g/mol. The van der Waals surface area contributed by atoms with Crippen molar-refractivity contribution in [1.82, 2.24) is 4.98 Å². The third-order valence-corrected chi connectivity index (χ3v) is 5.11. The summed E-state index contributed by atoms with van der Waals surface area (Å²) in [7, 11) is 0. The first-order valence-corrected chi connectivity index (χ1v) is 9.96. The zero-order chi connectivity index (χ0) is 23.8. The number of aromatic nitrogens is 1. The average molecular weight is 455 g/mol. The van der Waals surface area contributed by atoms with Crippen molar-refractivity contribution in [2.45, 2.75) is 13.1 Å². The van der Waals surface area contributed by atoms with Gasteiger partial charge in [0, 0.05) is 16.5 Å². The number of hydrogen-bond donors (Lipinski definition) is 1.